The molecule has 4 N–H and O–H groups in total. The minimum atomic E-state index is -4.00. The average molecular weight is 629 g/mol. The minimum Gasteiger partial charge on any atom is -0.506 e. The molecular weight excluding hydrogens is 588 g/mol. The van der Waals surface area contributed by atoms with E-state index in [1.54, 1.807) is 36.4 Å². The first-order valence-electron chi connectivity index (χ1n) is 15.6. The van der Waals surface area contributed by atoms with Gasteiger partial charge in [-0.15, -0.1) is 0 Å². The lowest BCUT2D eigenvalue weighted by Gasteiger charge is -2.28. The molecule has 0 amide bonds. The highest BCUT2D eigenvalue weighted by atomic mass is 32.2. The molecule has 236 valence electrons. The SMILES string of the molecule is Cc1ccc(S(=O)(=O)N(Cc2ccccc2)c2ccc(Nc3nc(NC4CCNCC4)nc(N4CCCCC4)n3)cc2O)cc1. The van der Waals surface area contributed by atoms with Gasteiger partial charge in [0.1, 0.15) is 5.75 Å². The first-order valence-corrected chi connectivity index (χ1v) is 17.0. The molecule has 0 bridgehead atoms. The molecule has 2 aliphatic heterocycles. The third-order valence-corrected chi connectivity index (χ3v) is 9.99. The summed E-state index contributed by atoms with van der Waals surface area (Å²) in [5.41, 5.74) is 2.44. The maximum absolute atomic E-state index is 13.9. The number of hydrogen-bond donors (Lipinski definition) is 4. The third kappa shape index (κ3) is 7.46. The molecule has 0 radical (unpaired) electrons. The molecule has 1 aromatic heterocycles. The van der Waals surface area contributed by atoms with Gasteiger partial charge in [-0.3, -0.25) is 4.31 Å². The smallest absolute Gasteiger partial charge is 0.264 e. The summed E-state index contributed by atoms with van der Waals surface area (Å²) in [6.45, 7) is 5.62. The summed E-state index contributed by atoms with van der Waals surface area (Å²) < 4.78 is 29.1. The molecule has 4 aromatic rings. The fourth-order valence-electron chi connectivity index (χ4n) is 5.70. The number of phenolic OH excluding ortho intramolecular Hbond substituents is 1. The van der Waals surface area contributed by atoms with E-state index in [2.05, 4.69) is 25.8 Å². The molecule has 2 fully saturated rings. The van der Waals surface area contributed by atoms with Crippen LogP contribution in [0.5, 0.6) is 5.75 Å². The van der Waals surface area contributed by atoms with E-state index in [-0.39, 0.29) is 28.9 Å². The average Bonchev–Trinajstić information content (AvgIpc) is 3.05. The summed E-state index contributed by atoms with van der Waals surface area (Å²) >= 11 is 0. The number of phenols is 1. The van der Waals surface area contributed by atoms with E-state index in [9.17, 15) is 13.5 Å². The molecule has 0 atom stereocenters. The number of hydrogen-bond acceptors (Lipinski definition) is 10. The standard InChI is InChI=1S/C33H40N8O3S/c1-24-10-13-28(14-11-24)45(43,44)41(23-25-8-4-2-5-9-25)29-15-12-27(22-30(29)42)36-32-37-31(35-26-16-18-34-19-17-26)38-33(39-32)40-20-6-3-7-21-40/h2,4-5,8-15,22,26,34,42H,3,6-7,16-21,23H2,1H3,(H2,35,36,37,38,39). The van der Waals surface area contributed by atoms with Gasteiger partial charge in [-0.2, -0.15) is 15.0 Å². The number of aryl methyl sites for hydroxylation is 1. The molecule has 0 unspecified atom stereocenters. The lowest BCUT2D eigenvalue weighted by Crippen LogP contribution is -2.36. The van der Waals surface area contributed by atoms with Crippen LogP contribution >= 0.6 is 0 Å². The van der Waals surface area contributed by atoms with Crippen LogP contribution in [0, 0.1) is 6.92 Å². The molecule has 2 aliphatic rings. The number of benzene rings is 3. The number of anilines is 5. The predicted molar refractivity (Wildman–Crippen MR) is 178 cm³/mol. The van der Waals surface area contributed by atoms with Gasteiger partial charge < -0.3 is 26.0 Å². The van der Waals surface area contributed by atoms with Crippen LogP contribution in [-0.4, -0.2) is 60.7 Å². The highest BCUT2D eigenvalue weighted by molar-refractivity contribution is 7.92. The summed E-state index contributed by atoms with van der Waals surface area (Å²) in [5.74, 6) is 1.29. The van der Waals surface area contributed by atoms with E-state index in [1.807, 2.05) is 37.3 Å². The highest BCUT2D eigenvalue weighted by Crippen LogP contribution is 2.36. The van der Waals surface area contributed by atoms with Crippen LogP contribution in [0.2, 0.25) is 0 Å². The summed E-state index contributed by atoms with van der Waals surface area (Å²) in [6.07, 6.45) is 5.33. The zero-order valence-corrected chi connectivity index (χ0v) is 26.3. The van der Waals surface area contributed by atoms with Crippen molar-refractivity contribution in [2.45, 2.75) is 56.5 Å². The molecule has 0 aliphatic carbocycles. The van der Waals surface area contributed by atoms with Crippen molar-refractivity contribution in [3.05, 3.63) is 83.9 Å². The fraction of sp³-hybridized carbons (Fsp3) is 0.364. The zero-order valence-electron chi connectivity index (χ0n) is 25.5. The maximum atomic E-state index is 13.9. The van der Waals surface area contributed by atoms with E-state index in [0.717, 1.165) is 63.0 Å². The van der Waals surface area contributed by atoms with Crippen molar-refractivity contribution in [1.82, 2.24) is 20.3 Å². The van der Waals surface area contributed by atoms with E-state index in [4.69, 9.17) is 9.97 Å². The number of sulfonamides is 1. The van der Waals surface area contributed by atoms with Crippen LogP contribution in [0.15, 0.2) is 77.7 Å². The number of piperidine rings is 2. The van der Waals surface area contributed by atoms with Gasteiger partial charge in [0.15, 0.2) is 0 Å². The van der Waals surface area contributed by atoms with Crippen LogP contribution < -0.4 is 25.2 Å². The van der Waals surface area contributed by atoms with E-state index in [0.29, 0.717) is 23.5 Å². The Balaban J connectivity index is 1.30. The number of aromatic nitrogens is 3. The quantitative estimate of drug-likeness (QED) is 0.186. The first-order chi connectivity index (χ1) is 21.8. The molecule has 11 nitrogen and oxygen atoms in total. The second-order valence-corrected chi connectivity index (χ2v) is 13.5. The van der Waals surface area contributed by atoms with Gasteiger partial charge >= 0.3 is 0 Å². The van der Waals surface area contributed by atoms with Crippen molar-refractivity contribution in [1.29, 1.82) is 0 Å². The van der Waals surface area contributed by atoms with Gasteiger partial charge in [-0.1, -0.05) is 48.0 Å². The van der Waals surface area contributed by atoms with Crippen molar-refractivity contribution >= 4 is 39.2 Å². The molecule has 0 spiro atoms. The first kappa shape index (κ1) is 30.6. The lowest BCUT2D eigenvalue weighted by molar-refractivity contribution is 0.475. The normalized spacial score (nSPS) is 15.9. The fourth-order valence-corrected chi connectivity index (χ4v) is 7.16. The number of rotatable bonds is 10. The second-order valence-electron chi connectivity index (χ2n) is 11.6. The Morgan fingerprint density at radius 1 is 0.911 bits per heavy atom. The van der Waals surface area contributed by atoms with Gasteiger partial charge in [-0.05, 0) is 81.9 Å². The molecule has 0 saturated carbocycles. The topological polar surface area (TPSA) is 136 Å². The van der Waals surface area contributed by atoms with Crippen LogP contribution in [-0.2, 0) is 16.6 Å². The highest BCUT2D eigenvalue weighted by Gasteiger charge is 2.28. The largest absolute Gasteiger partial charge is 0.506 e. The number of nitrogens with one attached hydrogen (secondary N) is 3. The number of aromatic hydroxyl groups is 1. The van der Waals surface area contributed by atoms with Gasteiger partial charge in [-0.25, -0.2) is 8.42 Å². The summed E-state index contributed by atoms with van der Waals surface area (Å²) in [5, 5.41) is 21.4. The Bertz CT molecular complexity index is 1690. The third-order valence-electron chi connectivity index (χ3n) is 8.21. The van der Waals surface area contributed by atoms with E-state index < -0.39 is 10.0 Å². The summed E-state index contributed by atoms with van der Waals surface area (Å²) in [4.78, 5) is 16.5. The molecule has 2 saturated heterocycles. The van der Waals surface area contributed by atoms with Crippen molar-refractivity contribution < 1.29 is 13.5 Å². The molecule has 3 aromatic carbocycles. The Hall–Kier alpha value is -4.42. The molecule has 3 heterocycles. The maximum Gasteiger partial charge on any atom is 0.264 e. The minimum absolute atomic E-state index is 0.0514. The lowest BCUT2D eigenvalue weighted by atomic mass is 10.1. The van der Waals surface area contributed by atoms with Gasteiger partial charge in [0.2, 0.25) is 17.8 Å². The monoisotopic (exact) mass is 628 g/mol. The summed E-state index contributed by atoms with van der Waals surface area (Å²) in [7, 11) is -4.00. The molecule has 45 heavy (non-hydrogen) atoms. The Labute approximate surface area is 264 Å². The molecule has 12 heteroatoms. The van der Waals surface area contributed by atoms with Gasteiger partial charge in [0.25, 0.3) is 10.0 Å². The Morgan fingerprint density at radius 3 is 2.33 bits per heavy atom. The second kappa shape index (κ2) is 13.7. The van der Waals surface area contributed by atoms with E-state index >= 15 is 0 Å². The van der Waals surface area contributed by atoms with Crippen molar-refractivity contribution in [2.24, 2.45) is 0 Å². The zero-order chi connectivity index (χ0) is 31.2. The Morgan fingerprint density at radius 2 is 1.62 bits per heavy atom. The van der Waals surface area contributed by atoms with E-state index in [1.165, 1.54) is 16.8 Å². The summed E-state index contributed by atoms with van der Waals surface area (Å²) in [6, 6.07) is 21.1. The molecule has 6 rings (SSSR count). The van der Waals surface area contributed by atoms with Crippen LogP contribution in [0.4, 0.5) is 29.2 Å². The van der Waals surface area contributed by atoms with Crippen LogP contribution in [0.25, 0.3) is 0 Å². The van der Waals surface area contributed by atoms with Crippen LogP contribution in [0.3, 0.4) is 0 Å². The van der Waals surface area contributed by atoms with Crippen molar-refractivity contribution in [3.63, 3.8) is 0 Å². The molecular formula is C33H40N8O3S. The van der Waals surface area contributed by atoms with Crippen LogP contribution in [0.1, 0.15) is 43.2 Å². The predicted octanol–water partition coefficient (Wildman–Crippen LogP) is 5.18. The van der Waals surface area contributed by atoms with Gasteiger partial charge in [0.05, 0.1) is 17.1 Å². The van der Waals surface area contributed by atoms with Crippen molar-refractivity contribution in [2.75, 3.05) is 46.0 Å². The Kier molecular flexibility index (Phi) is 9.31. The van der Waals surface area contributed by atoms with Gasteiger partial charge in [0, 0.05) is 30.9 Å². The number of nitrogens with zero attached hydrogens (tertiary/aromatic N) is 5. The van der Waals surface area contributed by atoms with Crippen molar-refractivity contribution in [3.8, 4) is 5.75 Å².